The van der Waals surface area contributed by atoms with Gasteiger partial charge in [0.25, 0.3) is 0 Å². The number of hydrogen-bond donors (Lipinski definition) is 1. The number of unbranched alkanes of at least 4 members (excludes halogenated alkanes) is 7. The van der Waals surface area contributed by atoms with Crippen molar-refractivity contribution in [2.45, 2.75) is 97.7 Å². The highest BCUT2D eigenvalue weighted by Crippen LogP contribution is 2.18. The van der Waals surface area contributed by atoms with Crippen LogP contribution in [-0.2, 0) is 4.79 Å². The van der Waals surface area contributed by atoms with Gasteiger partial charge in [-0.25, -0.2) is 0 Å². The third-order valence-electron chi connectivity index (χ3n) is 4.42. The highest BCUT2D eigenvalue weighted by atomic mass is 16.2. The van der Waals surface area contributed by atoms with Crippen molar-refractivity contribution in [3.05, 3.63) is 0 Å². The van der Waals surface area contributed by atoms with Gasteiger partial charge in [0, 0.05) is 6.54 Å². The lowest BCUT2D eigenvalue weighted by atomic mass is 10.1. The minimum absolute atomic E-state index is 0.00259. The molecule has 1 amide bonds. The maximum absolute atomic E-state index is 12.2. The van der Waals surface area contributed by atoms with Crippen LogP contribution in [0.1, 0.15) is 85.5 Å². The monoisotopic (exact) mass is 296 g/mol. The summed E-state index contributed by atoms with van der Waals surface area (Å²) in [6.45, 7) is 9.63. The lowest BCUT2D eigenvalue weighted by Gasteiger charge is -2.25. The molecule has 124 valence electrons. The Kier molecular flexibility index (Phi) is 8.98. The van der Waals surface area contributed by atoms with Crippen LogP contribution in [0.25, 0.3) is 0 Å². The van der Waals surface area contributed by atoms with Gasteiger partial charge >= 0.3 is 0 Å². The van der Waals surface area contributed by atoms with Gasteiger partial charge in [-0.15, -0.1) is 0 Å². The van der Waals surface area contributed by atoms with E-state index in [9.17, 15) is 4.79 Å². The van der Waals surface area contributed by atoms with Crippen molar-refractivity contribution in [2.24, 2.45) is 5.92 Å². The second-order valence-corrected chi connectivity index (χ2v) is 7.04. The minimum Gasteiger partial charge on any atom is -0.326 e. The number of nitrogens with zero attached hydrogens (tertiary/aromatic N) is 1. The zero-order valence-electron chi connectivity index (χ0n) is 14.7. The van der Waals surface area contributed by atoms with Crippen LogP contribution < -0.4 is 5.32 Å². The fraction of sp³-hybridized carbons (Fsp3) is 0.944. The molecule has 0 bridgehead atoms. The molecule has 1 aliphatic rings. The van der Waals surface area contributed by atoms with Crippen LogP contribution in [0.2, 0.25) is 0 Å². The highest BCUT2D eigenvalue weighted by Gasteiger charge is 2.35. The van der Waals surface area contributed by atoms with E-state index < -0.39 is 0 Å². The lowest BCUT2D eigenvalue weighted by Crippen LogP contribution is -2.39. The van der Waals surface area contributed by atoms with Crippen LogP contribution in [0.5, 0.6) is 0 Å². The number of carbonyl (C=O) groups excluding carboxylic acids is 1. The van der Waals surface area contributed by atoms with Crippen molar-refractivity contribution in [1.82, 2.24) is 10.2 Å². The molecule has 0 radical (unpaired) electrons. The van der Waals surface area contributed by atoms with Crippen molar-refractivity contribution in [2.75, 3.05) is 6.54 Å². The van der Waals surface area contributed by atoms with Crippen molar-refractivity contribution in [3.63, 3.8) is 0 Å². The molecule has 1 fully saturated rings. The van der Waals surface area contributed by atoms with E-state index in [0.29, 0.717) is 11.8 Å². The Bertz CT molecular complexity index is 291. The first-order valence-electron chi connectivity index (χ1n) is 9.12. The van der Waals surface area contributed by atoms with Crippen LogP contribution >= 0.6 is 0 Å². The summed E-state index contributed by atoms with van der Waals surface area (Å²) in [5.41, 5.74) is 0. The molecule has 0 aromatic carbocycles. The van der Waals surface area contributed by atoms with Gasteiger partial charge < -0.3 is 4.90 Å². The molecule has 0 aromatic heterocycles. The predicted molar refractivity (Wildman–Crippen MR) is 90.2 cm³/mol. The molecule has 2 atom stereocenters. The van der Waals surface area contributed by atoms with Gasteiger partial charge in [-0.3, -0.25) is 10.1 Å². The standard InChI is InChI=1S/C18H36N2O/c1-5-6-7-8-9-10-11-12-13-20-17(14-15(2)3)19-16(4)18(20)21/h15-17,19H,5-14H2,1-4H3. The normalized spacial score (nSPS) is 22.5. The Morgan fingerprint density at radius 1 is 1.05 bits per heavy atom. The molecule has 3 heteroatoms. The van der Waals surface area contributed by atoms with E-state index in [0.717, 1.165) is 19.4 Å². The summed E-state index contributed by atoms with van der Waals surface area (Å²) >= 11 is 0. The molecule has 0 spiro atoms. The second kappa shape index (κ2) is 10.2. The van der Waals surface area contributed by atoms with E-state index in [4.69, 9.17) is 0 Å². The Morgan fingerprint density at radius 2 is 1.62 bits per heavy atom. The molecule has 21 heavy (non-hydrogen) atoms. The molecule has 2 unspecified atom stereocenters. The SMILES string of the molecule is CCCCCCCCCCN1C(=O)C(C)NC1CC(C)C. The number of amides is 1. The van der Waals surface area contributed by atoms with Crippen molar-refractivity contribution in [3.8, 4) is 0 Å². The van der Waals surface area contributed by atoms with E-state index in [1.807, 2.05) is 6.92 Å². The summed E-state index contributed by atoms with van der Waals surface area (Å²) < 4.78 is 0. The molecule has 1 heterocycles. The van der Waals surface area contributed by atoms with E-state index in [2.05, 4.69) is 31.0 Å². The van der Waals surface area contributed by atoms with Crippen molar-refractivity contribution in [1.29, 1.82) is 0 Å². The predicted octanol–water partition coefficient (Wildman–Crippen LogP) is 4.32. The first-order valence-corrected chi connectivity index (χ1v) is 9.12. The topological polar surface area (TPSA) is 32.3 Å². The van der Waals surface area contributed by atoms with Gasteiger partial charge in [0.1, 0.15) is 0 Å². The van der Waals surface area contributed by atoms with E-state index in [1.165, 1.54) is 44.9 Å². The summed E-state index contributed by atoms with van der Waals surface area (Å²) in [5.74, 6) is 0.922. The summed E-state index contributed by atoms with van der Waals surface area (Å²) in [5, 5.41) is 3.44. The summed E-state index contributed by atoms with van der Waals surface area (Å²) in [4.78, 5) is 14.3. The molecule has 1 N–H and O–H groups in total. The lowest BCUT2D eigenvalue weighted by molar-refractivity contribution is -0.130. The second-order valence-electron chi connectivity index (χ2n) is 7.04. The minimum atomic E-state index is 0.00259. The van der Waals surface area contributed by atoms with Crippen LogP contribution in [-0.4, -0.2) is 29.6 Å². The van der Waals surface area contributed by atoms with Gasteiger partial charge in [0.15, 0.2) is 0 Å². The van der Waals surface area contributed by atoms with E-state index in [1.54, 1.807) is 0 Å². The number of carbonyl (C=O) groups is 1. The molecule has 0 aliphatic carbocycles. The summed E-state index contributed by atoms with van der Waals surface area (Å²) in [6, 6.07) is 0.00259. The van der Waals surface area contributed by atoms with E-state index >= 15 is 0 Å². The molecule has 0 aromatic rings. The molecule has 1 aliphatic heterocycles. The Balaban J connectivity index is 2.17. The molecule has 1 rings (SSSR count). The molecular formula is C18H36N2O. The van der Waals surface area contributed by atoms with Crippen LogP contribution in [0, 0.1) is 5.92 Å². The number of rotatable bonds is 11. The summed E-state index contributed by atoms with van der Waals surface area (Å²) in [7, 11) is 0. The Labute approximate surface area is 131 Å². The van der Waals surface area contributed by atoms with Crippen LogP contribution in [0.3, 0.4) is 0 Å². The fourth-order valence-electron chi connectivity index (χ4n) is 3.18. The molecule has 0 saturated carbocycles. The average Bonchev–Trinajstić information content (AvgIpc) is 2.68. The number of hydrogen-bond acceptors (Lipinski definition) is 2. The fourth-order valence-corrected chi connectivity index (χ4v) is 3.18. The number of nitrogens with one attached hydrogen (secondary N) is 1. The van der Waals surface area contributed by atoms with Gasteiger partial charge in [0.05, 0.1) is 12.2 Å². The maximum Gasteiger partial charge on any atom is 0.240 e. The first-order chi connectivity index (χ1) is 10.1. The zero-order chi connectivity index (χ0) is 15.7. The molecular weight excluding hydrogens is 260 g/mol. The smallest absolute Gasteiger partial charge is 0.240 e. The first kappa shape index (κ1) is 18.5. The van der Waals surface area contributed by atoms with Crippen LogP contribution in [0.15, 0.2) is 0 Å². The zero-order valence-corrected chi connectivity index (χ0v) is 14.7. The van der Waals surface area contributed by atoms with Crippen molar-refractivity contribution >= 4 is 5.91 Å². The Hall–Kier alpha value is -0.570. The highest BCUT2D eigenvalue weighted by molar-refractivity contribution is 5.83. The van der Waals surface area contributed by atoms with Gasteiger partial charge in [-0.2, -0.15) is 0 Å². The van der Waals surface area contributed by atoms with Gasteiger partial charge in [0.2, 0.25) is 5.91 Å². The van der Waals surface area contributed by atoms with E-state index in [-0.39, 0.29) is 12.2 Å². The maximum atomic E-state index is 12.2. The summed E-state index contributed by atoms with van der Waals surface area (Å²) in [6.07, 6.45) is 11.9. The average molecular weight is 296 g/mol. The van der Waals surface area contributed by atoms with Gasteiger partial charge in [-0.1, -0.05) is 65.7 Å². The quantitative estimate of drug-likeness (QED) is 0.576. The molecule has 1 saturated heterocycles. The van der Waals surface area contributed by atoms with Crippen LogP contribution in [0.4, 0.5) is 0 Å². The third-order valence-corrected chi connectivity index (χ3v) is 4.42. The third kappa shape index (κ3) is 6.82. The molecule has 3 nitrogen and oxygen atoms in total. The largest absolute Gasteiger partial charge is 0.326 e. The van der Waals surface area contributed by atoms with Gasteiger partial charge in [-0.05, 0) is 25.7 Å². The Morgan fingerprint density at radius 3 is 2.19 bits per heavy atom. The van der Waals surface area contributed by atoms with Crippen molar-refractivity contribution < 1.29 is 4.79 Å².